The second-order valence-corrected chi connectivity index (χ2v) is 4.84. The predicted molar refractivity (Wildman–Crippen MR) is 71.3 cm³/mol. The molecule has 1 heterocycles. The molecule has 0 bridgehead atoms. The van der Waals surface area contributed by atoms with Gasteiger partial charge in [-0.05, 0) is 20.8 Å². The van der Waals surface area contributed by atoms with Crippen molar-refractivity contribution in [2.24, 2.45) is 5.84 Å². The average Bonchev–Trinajstić information content (AvgIpc) is 2.27. The monoisotopic (exact) mass is 255 g/mol. The number of nitrogens with one attached hydrogen (secondary N) is 2. The lowest BCUT2D eigenvalue weighted by molar-refractivity contribution is 0.132. The number of hydrogen-bond donors (Lipinski definition) is 4. The highest BCUT2D eigenvalue weighted by Gasteiger charge is 2.25. The molecule has 18 heavy (non-hydrogen) atoms. The van der Waals surface area contributed by atoms with E-state index in [0.717, 1.165) is 0 Å². The Morgan fingerprint density at radius 3 is 2.22 bits per heavy atom. The van der Waals surface area contributed by atoms with Crippen LogP contribution in [-0.2, 0) is 0 Å². The second kappa shape index (κ2) is 5.32. The Kier molecular flexibility index (Phi) is 4.25. The zero-order chi connectivity index (χ0) is 13.9. The number of aliphatic hydroxyl groups is 1. The molecule has 0 saturated carbocycles. The SMILES string of the molecule is CC(O)C(C)(C)Nc1nc(NN)nc(N(C)C)n1. The molecule has 0 aliphatic carbocycles. The van der Waals surface area contributed by atoms with Crippen LogP contribution < -0.4 is 21.5 Å². The highest BCUT2D eigenvalue weighted by Crippen LogP contribution is 2.17. The molecule has 1 atom stereocenters. The van der Waals surface area contributed by atoms with Crippen LogP contribution in [0.5, 0.6) is 0 Å². The summed E-state index contributed by atoms with van der Waals surface area (Å²) in [4.78, 5) is 14.2. The maximum atomic E-state index is 9.66. The summed E-state index contributed by atoms with van der Waals surface area (Å²) >= 11 is 0. The van der Waals surface area contributed by atoms with Gasteiger partial charge in [0.05, 0.1) is 11.6 Å². The maximum absolute atomic E-state index is 9.66. The van der Waals surface area contributed by atoms with Crippen molar-refractivity contribution in [3.05, 3.63) is 0 Å². The second-order valence-electron chi connectivity index (χ2n) is 4.84. The molecule has 5 N–H and O–H groups in total. The minimum atomic E-state index is -0.564. The van der Waals surface area contributed by atoms with E-state index in [1.54, 1.807) is 11.8 Å². The molecule has 1 aromatic heterocycles. The summed E-state index contributed by atoms with van der Waals surface area (Å²) in [5.74, 6) is 6.40. The smallest absolute Gasteiger partial charge is 0.243 e. The van der Waals surface area contributed by atoms with Gasteiger partial charge in [-0.3, -0.25) is 5.43 Å². The van der Waals surface area contributed by atoms with Gasteiger partial charge in [0.1, 0.15) is 0 Å². The van der Waals surface area contributed by atoms with E-state index < -0.39 is 11.6 Å². The van der Waals surface area contributed by atoms with Crippen molar-refractivity contribution in [2.75, 3.05) is 29.7 Å². The number of hydrogen-bond acceptors (Lipinski definition) is 8. The van der Waals surface area contributed by atoms with E-state index in [4.69, 9.17) is 5.84 Å². The molecule has 8 nitrogen and oxygen atoms in total. The fourth-order valence-electron chi connectivity index (χ4n) is 1.08. The fraction of sp³-hybridized carbons (Fsp3) is 0.700. The number of rotatable bonds is 5. The Hall–Kier alpha value is -1.67. The van der Waals surface area contributed by atoms with Crippen molar-refractivity contribution in [1.82, 2.24) is 15.0 Å². The van der Waals surface area contributed by atoms with Gasteiger partial charge >= 0.3 is 0 Å². The summed E-state index contributed by atoms with van der Waals surface area (Å²) in [6.45, 7) is 5.40. The summed E-state index contributed by atoms with van der Waals surface area (Å²) in [5.41, 5.74) is 1.83. The molecule has 0 spiro atoms. The van der Waals surface area contributed by atoms with Crippen molar-refractivity contribution < 1.29 is 5.11 Å². The van der Waals surface area contributed by atoms with Crippen LogP contribution in [0.1, 0.15) is 20.8 Å². The van der Waals surface area contributed by atoms with Gasteiger partial charge in [0.25, 0.3) is 0 Å². The van der Waals surface area contributed by atoms with Crippen molar-refractivity contribution >= 4 is 17.8 Å². The van der Waals surface area contributed by atoms with E-state index in [1.165, 1.54) is 0 Å². The topological polar surface area (TPSA) is 112 Å². The lowest BCUT2D eigenvalue weighted by Crippen LogP contribution is -2.42. The average molecular weight is 255 g/mol. The van der Waals surface area contributed by atoms with Crippen LogP contribution in [0.4, 0.5) is 17.8 Å². The quantitative estimate of drug-likeness (QED) is 0.422. The molecule has 1 unspecified atom stereocenters. The number of nitrogens with two attached hydrogens (primary N) is 1. The lowest BCUT2D eigenvalue weighted by Gasteiger charge is -2.29. The van der Waals surface area contributed by atoms with E-state index in [1.807, 2.05) is 27.9 Å². The molecule has 1 rings (SSSR count). The summed E-state index contributed by atoms with van der Waals surface area (Å²) in [5, 5.41) is 12.7. The van der Waals surface area contributed by atoms with Crippen LogP contribution in [0.2, 0.25) is 0 Å². The molecule has 0 amide bonds. The normalized spacial score (nSPS) is 13.1. The molecule has 102 valence electrons. The first-order valence-electron chi connectivity index (χ1n) is 5.62. The van der Waals surface area contributed by atoms with Crippen LogP contribution in [0.3, 0.4) is 0 Å². The minimum absolute atomic E-state index is 0.262. The number of anilines is 3. The molecule has 0 aromatic carbocycles. The van der Waals surface area contributed by atoms with Crippen molar-refractivity contribution in [2.45, 2.75) is 32.4 Å². The van der Waals surface area contributed by atoms with Crippen molar-refractivity contribution in [3.8, 4) is 0 Å². The lowest BCUT2D eigenvalue weighted by atomic mass is 9.99. The third-order valence-corrected chi connectivity index (χ3v) is 2.63. The molecular weight excluding hydrogens is 234 g/mol. The van der Waals surface area contributed by atoms with E-state index in [9.17, 15) is 5.11 Å². The number of aliphatic hydroxyl groups excluding tert-OH is 1. The Bertz CT molecular complexity index is 405. The predicted octanol–water partition coefficient (Wildman–Crippen LogP) is -0.205. The van der Waals surface area contributed by atoms with Crippen LogP contribution in [0.15, 0.2) is 0 Å². The molecular formula is C10H21N7O. The van der Waals surface area contributed by atoms with E-state index in [-0.39, 0.29) is 5.95 Å². The Morgan fingerprint density at radius 2 is 1.78 bits per heavy atom. The van der Waals surface area contributed by atoms with Crippen LogP contribution >= 0.6 is 0 Å². The highest BCUT2D eigenvalue weighted by molar-refractivity contribution is 5.43. The van der Waals surface area contributed by atoms with Gasteiger partial charge in [0.15, 0.2) is 0 Å². The van der Waals surface area contributed by atoms with Gasteiger partial charge in [-0.15, -0.1) is 0 Å². The zero-order valence-corrected chi connectivity index (χ0v) is 11.4. The largest absolute Gasteiger partial charge is 0.391 e. The van der Waals surface area contributed by atoms with E-state index in [2.05, 4.69) is 25.7 Å². The Balaban J connectivity index is 3.05. The molecule has 0 saturated heterocycles. The molecule has 0 fully saturated rings. The zero-order valence-electron chi connectivity index (χ0n) is 11.4. The van der Waals surface area contributed by atoms with Gasteiger partial charge in [0.2, 0.25) is 17.8 Å². The Labute approximate surface area is 107 Å². The minimum Gasteiger partial charge on any atom is -0.391 e. The number of nitrogen functional groups attached to an aromatic ring is 1. The van der Waals surface area contributed by atoms with Gasteiger partial charge in [0, 0.05) is 14.1 Å². The number of nitrogens with zero attached hydrogens (tertiary/aromatic N) is 4. The van der Waals surface area contributed by atoms with Gasteiger partial charge in [-0.1, -0.05) is 0 Å². The first-order chi connectivity index (χ1) is 8.26. The standard InChI is InChI=1S/C10H21N7O/c1-6(18)10(2,3)15-7-12-8(16-11)14-9(13-7)17(4)5/h6,18H,11H2,1-5H3,(H2,12,13,14,15,16). The Morgan fingerprint density at radius 1 is 1.22 bits per heavy atom. The van der Waals surface area contributed by atoms with Gasteiger partial charge < -0.3 is 15.3 Å². The van der Waals surface area contributed by atoms with Crippen molar-refractivity contribution in [3.63, 3.8) is 0 Å². The van der Waals surface area contributed by atoms with Crippen molar-refractivity contribution in [1.29, 1.82) is 0 Å². The van der Waals surface area contributed by atoms with Gasteiger partial charge in [-0.2, -0.15) is 15.0 Å². The number of hydrazine groups is 1. The fourth-order valence-corrected chi connectivity index (χ4v) is 1.08. The van der Waals surface area contributed by atoms with Crippen LogP contribution in [0, 0.1) is 0 Å². The third kappa shape index (κ3) is 3.41. The molecule has 0 radical (unpaired) electrons. The summed E-state index contributed by atoms with van der Waals surface area (Å²) in [7, 11) is 3.64. The third-order valence-electron chi connectivity index (χ3n) is 2.63. The van der Waals surface area contributed by atoms with Gasteiger partial charge in [-0.25, -0.2) is 5.84 Å². The maximum Gasteiger partial charge on any atom is 0.243 e. The highest BCUT2D eigenvalue weighted by atomic mass is 16.3. The first kappa shape index (κ1) is 14.4. The summed E-state index contributed by atoms with van der Waals surface area (Å²) in [6, 6.07) is 0. The molecule has 0 aliphatic rings. The molecule has 0 aliphatic heterocycles. The van der Waals surface area contributed by atoms with E-state index in [0.29, 0.717) is 11.9 Å². The summed E-state index contributed by atoms with van der Waals surface area (Å²) < 4.78 is 0. The first-order valence-corrected chi connectivity index (χ1v) is 5.62. The van der Waals surface area contributed by atoms with Crippen LogP contribution in [0.25, 0.3) is 0 Å². The van der Waals surface area contributed by atoms with Crippen LogP contribution in [-0.4, -0.2) is 45.8 Å². The molecule has 8 heteroatoms. The van der Waals surface area contributed by atoms with E-state index >= 15 is 0 Å². The molecule has 1 aromatic rings. The number of aromatic nitrogens is 3. The summed E-state index contributed by atoms with van der Waals surface area (Å²) in [6.07, 6.45) is -0.564.